The molecular weight excluding hydrogens is 414 g/mol. The smallest absolute Gasteiger partial charge is 0.276 e. The predicted octanol–water partition coefficient (Wildman–Crippen LogP) is 4.59. The van der Waals surface area contributed by atoms with Gasteiger partial charge in [0.25, 0.3) is 5.91 Å². The van der Waals surface area contributed by atoms with Crippen molar-refractivity contribution in [2.45, 2.75) is 6.04 Å². The summed E-state index contributed by atoms with van der Waals surface area (Å²) in [4.78, 5) is 17.3. The van der Waals surface area contributed by atoms with Crippen LogP contribution in [0, 0.1) is 0 Å². The van der Waals surface area contributed by atoms with Crippen LogP contribution in [-0.2, 0) is 0 Å². The second-order valence-electron chi connectivity index (χ2n) is 8.15. The van der Waals surface area contributed by atoms with Crippen LogP contribution >= 0.6 is 0 Å². The summed E-state index contributed by atoms with van der Waals surface area (Å²) in [7, 11) is 0. The van der Waals surface area contributed by atoms with E-state index in [1.807, 2.05) is 17.0 Å². The van der Waals surface area contributed by atoms with Crippen LogP contribution in [0.1, 0.15) is 27.7 Å². The second-order valence-corrected chi connectivity index (χ2v) is 8.15. The van der Waals surface area contributed by atoms with Crippen molar-refractivity contribution >= 4 is 5.91 Å². The number of piperazine rings is 1. The standard InChI is InChI=1S/C27H25N3O3/c31-24-14-8-7-13-22(24)25-19-23(28-33-25)27(32)30-17-15-29(16-18-30)26(20-9-3-1-4-10-20)21-11-5-2-6-12-21/h1-14,19,26,31H,15-18H2. The molecule has 1 saturated heterocycles. The summed E-state index contributed by atoms with van der Waals surface area (Å²) in [6.45, 7) is 2.72. The number of para-hydroxylation sites is 1. The van der Waals surface area contributed by atoms with Crippen molar-refractivity contribution in [2.75, 3.05) is 26.2 Å². The molecule has 3 aromatic carbocycles. The van der Waals surface area contributed by atoms with E-state index in [1.54, 1.807) is 30.3 Å². The molecule has 1 N–H and O–H groups in total. The maximum atomic E-state index is 13.1. The van der Waals surface area contributed by atoms with Gasteiger partial charge >= 0.3 is 0 Å². The Morgan fingerprint density at radius 2 is 1.39 bits per heavy atom. The zero-order chi connectivity index (χ0) is 22.6. The van der Waals surface area contributed by atoms with E-state index in [2.05, 4.69) is 58.6 Å². The Morgan fingerprint density at radius 1 is 0.818 bits per heavy atom. The van der Waals surface area contributed by atoms with Gasteiger partial charge in [0.05, 0.1) is 11.6 Å². The van der Waals surface area contributed by atoms with E-state index in [0.29, 0.717) is 24.4 Å². The first-order valence-corrected chi connectivity index (χ1v) is 11.1. The van der Waals surface area contributed by atoms with E-state index in [1.165, 1.54) is 11.1 Å². The van der Waals surface area contributed by atoms with Gasteiger partial charge in [-0.15, -0.1) is 0 Å². The number of benzene rings is 3. The number of carbonyl (C=O) groups is 1. The number of aromatic hydroxyl groups is 1. The van der Waals surface area contributed by atoms with Gasteiger partial charge in [0.1, 0.15) is 5.75 Å². The lowest BCUT2D eigenvalue weighted by Gasteiger charge is -2.39. The molecule has 2 heterocycles. The summed E-state index contributed by atoms with van der Waals surface area (Å²) < 4.78 is 5.35. The van der Waals surface area contributed by atoms with E-state index in [4.69, 9.17) is 4.52 Å². The number of hydrogen-bond acceptors (Lipinski definition) is 5. The SMILES string of the molecule is O=C(c1cc(-c2ccccc2O)on1)N1CCN(C(c2ccccc2)c2ccccc2)CC1. The molecule has 0 saturated carbocycles. The topological polar surface area (TPSA) is 69.8 Å². The summed E-state index contributed by atoms with van der Waals surface area (Å²) >= 11 is 0. The van der Waals surface area contributed by atoms with Crippen LogP contribution in [0.3, 0.4) is 0 Å². The molecular formula is C27H25N3O3. The van der Waals surface area contributed by atoms with E-state index >= 15 is 0 Å². The first-order chi connectivity index (χ1) is 16.2. The number of phenols is 1. The Hall–Kier alpha value is -3.90. The molecule has 0 atom stereocenters. The average Bonchev–Trinajstić information content (AvgIpc) is 3.36. The molecule has 6 heteroatoms. The van der Waals surface area contributed by atoms with Crippen LogP contribution in [0.2, 0.25) is 0 Å². The number of phenolic OH excluding ortho intramolecular Hbond substituents is 1. The fourth-order valence-corrected chi connectivity index (χ4v) is 4.41. The van der Waals surface area contributed by atoms with Gasteiger partial charge in [-0.25, -0.2) is 0 Å². The van der Waals surface area contributed by atoms with Gasteiger partial charge in [-0.05, 0) is 23.3 Å². The molecule has 0 unspecified atom stereocenters. The molecule has 1 fully saturated rings. The molecule has 0 bridgehead atoms. The Kier molecular flexibility index (Phi) is 5.91. The van der Waals surface area contributed by atoms with Crippen molar-refractivity contribution in [1.29, 1.82) is 0 Å². The third kappa shape index (κ3) is 4.38. The number of rotatable bonds is 5. The molecule has 4 aromatic rings. The minimum absolute atomic E-state index is 0.0918. The molecule has 1 aliphatic heterocycles. The van der Waals surface area contributed by atoms with Gasteiger partial charge < -0.3 is 14.5 Å². The number of nitrogens with zero attached hydrogens (tertiary/aromatic N) is 3. The molecule has 33 heavy (non-hydrogen) atoms. The predicted molar refractivity (Wildman–Crippen MR) is 126 cm³/mol. The van der Waals surface area contributed by atoms with Crippen LogP contribution in [0.25, 0.3) is 11.3 Å². The Morgan fingerprint density at radius 3 is 2.00 bits per heavy atom. The minimum Gasteiger partial charge on any atom is -0.507 e. The summed E-state index contributed by atoms with van der Waals surface area (Å²) in [5.41, 5.74) is 3.26. The largest absolute Gasteiger partial charge is 0.507 e. The van der Waals surface area contributed by atoms with Gasteiger partial charge in [0, 0.05) is 32.2 Å². The molecule has 1 amide bonds. The molecule has 0 spiro atoms. The zero-order valence-electron chi connectivity index (χ0n) is 18.2. The number of carbonyl (C=O) groups excluding carboxylic acids is 1. The van der Waals surface area contributed by atoms with Crippen LogP contribution in [-0.4, -0.2) is 52.1 Å². The minimum atomic E-state index is -0.156. The Balaban J connectivity index is 1.30. The van der Waals surface area contributed by atoms with E-state index in [0.717, 1.165) is 13.1 Å². The normalized spacial score (nSPS) is 14.5. The maximum absolute atomic E-state index is 13.1. The highest BCUT2D eigenvalue weighted by atomic mass is 16.5. The van der Waals surface area contributed by atoms with Crippen LogP contribution < -0.4 is 0 Å². The number of hydrogen-bond donors (Lipinski definition) is 1. The summed E-state index contributed by atoms with van der Waals surface area (Å²) in [6, 6.07) is 29.5. The van der Waals surface area contributed by atoms with Gasteiger partial charge in [0.15, 0.2) is 11.5 Å². The summed E-state index contributed by atoms with van der Waals surface area (Å²) in [5.74, 6) is 0.313. The molecule has 5 rings (SSSR count). The Labute approximate surface area is 192 Å². The van der Waals surface area contributed by atoms with Gasteiger partial charge in [-0.3, -0.25) is 9.69 Å². The van der Waals surface area contributed by atoms with Crippen LogP contribution in [0.15, 0.2) is 95.5 Å². The summed E-state index contributed by atoms with van der Waals surface area (Å²) in [6.07, 6.45) is 0. The van der Waals surface area contributed by atoms with Crippen molar-refractivity contribution < 1.29 is 14.4 Å². The van der Waals surface area contributed by atoms with Gasteiger partial charge in [0.2, 0.25) is 0 Å². The highest BCUT2D eigenvalue weighted by Gasteiger charge is 2.29. The van der Waals surface area contributed by atoms with Crippen molar-refractivity contribution in [2.24, 2.45) is 0 Å². The Bertz CT molecular complexity index is 1180. The third-order valence-electron chi connectivity index (χ3n) is 6.10. The quantitative estimate of drug-likeness (QED) is 0.492. The first kappa shape index (κ1) is 21.0. The van der Waals surface area contributed by atoms with Crippen molar-refractivity contribution in [3.63, 3.8) is 0 Å². The van der Waals surface area contributed by atoms with Crippen molar-refractivity contribution in [3.8, 4) is 17.1 Å². The number of aromatic nitrogens is 1. The van der Waals surface area contributed by atoms with E-state index < -0.39 is 0 Å². The lowest BCUT2D eigenvalue weighted by atomic mass is 9.96. The third-order valence-corrected chi connectivity index (χ3v) is 6.10. The summed E-state index contributed by atoms with van der Waals surface area (Å²) in [5, 5.41) is 14.0. The molecule has 166 valence electrons. The van der Waals surface area contributed by atoms with Gasteiger partial charge in [-0.2, -0.15) is 0 Å². The lowest BCUT2D eigenvalue weighted by molar-refractivity contribution is 0.0588. The van der Waals surface area contributed by atoms with Crippen molar-refractivity contribution in [1.82, 2.24) is 15.0 Å². The number of amides is 1. The fourth-order valence-electron chi connectivity index (χ4n) is 4.41. The average molecular weight is 440 g/mol. The fraction of sp³-hybridized carbons (Fsp3) is 0.185. The molecule has 0 radical (unpaired) electrons. The van der Waals surface area contributed by atoms with E-state index in [9.17, 15) is 9.90 Å². The monoisotopic (exact) mass is 439 g/mol. The zero-order valence-corrected chi connectivity index (χ0v) is 18.2. The lowest BCUT2D eigenvalue weighted by Crippen LogP contribution is -2.50. The van der Waals surface area contributed by atoms with Crippen LogP contribution in [0.5, 0.6) is 5.75 Å². The molecule has 0 aliphatic carbocycles. The molecule has 1 aliphatic rings. The van der Waals surface area contributed by atoms with E-state index in [-0.39, 0.29) is 23.4 Å². The highest BCUT2D eigenvalue weighted by Crippen LogP contribution is 2.31. The molecule has 6 nitrogen and oxygen atoms in total. The van der Waals surface area contributed by atoms with Gasteiger partial charge in [-0.1, -0.05) is 78.0 Å². The van der Waals surface area contributed by atoms with Crippen LogP contribution in [0.4, 0.5) is 0 Å². The van der Waals surface area contributed by atoms with Crippen molar-refractivity contribution in [3.05, 3.63) is 108 Å². The molecule has 1 aromatic heterocycles. The highest BCUT2D eigenvalue weighted by molar-refractivity contribution is 5.93. The second kappa shape index (κ2) is 9.30. The maximum Gasteiger partial charge on any atom is 0.276 e. The first-order valence-electron chi connectivity index (χ1n) is 11.1.